The van der Waals surface area contributed by atoms with Gasteiger partial charge in [0.15, 0.2) is 0 Å². The fourth-order valence-electron chi connectivity index (χ4n) is 3.81. The molecule has 0 amide bonds. The highest BCUT2D eigenvalue weighted by Gasteiger charge is 2.34. The lowest BCUT2D eigenvalue weighted by Crippen LogP contribution is -2.13. The van der Waals surface area contributed by atoms with E-state index in [1.165, 1.54) is 12.1 Å². The topological polar surface area (TPSA) is 80.2 Å². The maximum atomic E-state index is 13.8. The number of nitrogens with zero attached hydrogens (tertiary/aromatic N) is 4. The van der Waals surface area contributed by atoms with Crippen molar-refractivity contribution < 1.29 is 18.3 Å². The highest BCUT2D eigenvalue weighted by Crippen LogP contribution is 2.43. The second-order valence-corrected chi connectivity index (χ2v) is 7.16. The number of hydrogen-bond acceptors (Lipinski definition) is 5. The largest absolute Gasteiger partial charge is 0.417 e. The first-order valence-corrected chi connectivity index (χ1v) is 9.26. The van der Waals surface area contributed by atoms with E-state index in [-0.39, 0.29) is 24.7 Å². The highest BCUT2D eigenvalue weighted by molar-refractivity contribution is 6.16. The lowest BCUT2D eigenvalue weighted by atomic mass is 9.95. The average molecular weight is 415 g/mol. The smallest absolute Gasteiger partial charge is 0.395 e. The van der Waals surface area contributed by atoms with E-state index in [0.717, 1.165) is 6.07 Å². The van der Waals surface area contributed by atoms with E-state index in [2.05, 4.69) is 9.97 Å². The van der Waals surface area contributed by atoms with E-state index in [1.807, 2.05) is 14.1 Å². The Hall–Kier alpha value is -3.33. The van der Waals surface area contributed by atoms with Gasteiger partial charge in [-0.15, -0.1) is 0 Å². The molecule has 0 unspecified atom stereocenters. The summed E-state index contributed by atoms with van der Waals surface area (Å²) in [4.78, 5) is 10.4. The monoisotopic (exact) mass is 415 g/mol. The third kappa shape index (κ3) is 3.21. The molecule has 4 aromatic rings. The van der Waals surface area contributed by atoms with Crippen LogP contribution in [0.5, 0.6) is 0 Å². The van der Waals surface area contributed by atoms with Crippen LogP contribution in [-0.2, 0) is 12.7 Å². The zero-order chi connectivity index (χ0) is 21.6. The van der Waals surface area contributed by atoms with Crippen LogP contribution in [0.4, 0.5) is 24.9 Å². The van der Waals surface area contributed by atoms with Gasteiger partial charge in [0.05, 0.1) is 28.6 Å². The minimum Gasteiger partial charge on any atom is -0.395 e. The van der Waals surface area contributed by atoms with Crippen LogP contribution < -0.4 is 10.6 Å². The van der Waals surface area contributed by atoms with Gasteiger partial charge in [0.25, 0.3) is 0 Å². The standard InChI is InChI=1S/C21H20F3N5O/c1-28(2)19-17-13-7-8-29(9-10-30)18(13)14(11-16(17)26-20(25)27-19)12-5-3-4-6-15(12)21(22,23)24/h3-8,11,30H,9-10H2,1-2H3,(H2,25,26,27). The van der Waals surface area contributed by atoms with Gasteiger partial charge < -0.3 is 20.3 Å². The van der Waals surface area contributed by atoms with E-state index in [9.17, 15) is 18.3 Å². The molecule has 4 rings (SSSR count). The SMILES string of the molecule is CN(C)c1nc(N)nc2cc(-c3ccccc3C(F)(F)F)c3c(ccn3CCO)c12. The molecule has 0 fully saturated rings. The molecule has 0 aliphatic rings. The maximum Gasteiger partial charge on any atom is 0.417 e. The number of hydrogen-bond donors (Lipinski definition) is 2. The van der Waals surface area contributed by atoms with Crippen molar-refractivity contribution in [3.05, 3.63) is 48.2 Å². The lowest BCUT2D eigenvalue weighted by Gasteiger charge is -2.19. The van der Waals surface area contributed by atoms with Crippen molar-refractivity contribution in [2.45, 2.75) is 12.7 Å². The molecule has 0 radical (unpaired) electrons. The van der Waals surface area contributed by atoms with Crippen LogP contribution in [-0.4, -0.2) is 40.3 Å². The Bertz CT molecular complexity index is 1250. The predicted molar refractivity (Wildman–Crippen MR) is 111 cm³/mol. The first-order valence-electron chi connectivity index (χ1n) is 9.26. The molecule has 0 aliphatic carbocycles. The van der Waals surface area contributed by atoms with Gasteiger partial charge in [-0.25, -0.2) is 4.98 Å². The van der Waals surface area contributed by atoms with Crippen molar-refractivity contribution in [3.63, 3.8) is 0 Å². The van der Waals surface area contributed by atoms with E-state index >= 15 is 0 Å². The first-order chi connectivity index (χ1) is 14.2. The minimum atomic E-state index is -4.52. The van der Waals surface area contributed by atoms with Crippen LogP contribution in [0.15, 0.2) is 42.6 Å². The number of nitrogens with two attached hydrogens (primary N) is 1. The number of halogens is 3. The summed E-state index contributed by atoms with van der Waals surface area (Å²) in [6, 6.07) is 8.85. The number of benzene rings is 2. The van der Waals surface area contributed by atoms with Gasteiger partial charge in [0, 0.05) is 37.8 Å². The summed E-state index contributed by atoms with van der Waals surface area (Å²) < 4.78 is 43.0. The Labute approximate surface area is 170 Å². The second-order valence-electron chi connectivity index (χ2n) is 7.16. The molecular formula is C21H20F3N5O. The summed E-state index contributed by atoms with van der Waals surface area (Å²) in [5.74, 6) is 0.607. The van der Waals surface area contributed by atoms with Gasteiger partial charge in [-0.1, -0.05) is 18.2 Å². The molecule has 0 aliphatic heterocycles. The Morgan fingerprint density at radius 3 is 2.50 bits per heavy atom. The van der Waals surface area contributed by atoms with E-state index in [4.69, 9.17) is 5.73 Å². The van der Waals surface area contributed by atoms with Crippen LogP contribution in [0, 0.1) is 0 Å². The molecule has 0 atom stereocenters. The number of aliphatic hydroxyl groups is 1. The molecule has 2 aromatic carbocycles. The minimum absolute atomic E-state index is 0.0374. The summed E-state index contributed by atoms with van der Waals surface area (Å²) in [5.41, 5.74) is 6.57. The number of anilines is 2. The number of aliphatic hydroxyl groups excluding tert-OH is 1. The molecule has 0 saturated carbocycles. The molecule has 30 heavy (non-hydrogen) atoms. The summed E-state index contributed by atoms with van der Waals surface area (Å²) in [6.45, 7) is 0.0876. The number of aromatic nitrogens is 3. The number of rotatable bonds is 4. The quantitative estimate of drug-likeness (QED) is 0.528. The lowest BCUT2D eigenvalue weighted by molar-refractivity contribution is -0.137. The summed E-state index contributed by atoms with van der Waals surface area (Å²) >= 11 is 0. The van der Waals surface area contributed by atoms with Crippen LogP contribution in [0.25, 0.3) is 32.9 Å². The maximum absolute atomic E-state index is 13.8. The predicted octanol–water partition coefficient (Wildman–Crippen LogP) is 3.91. The third-order valence-electron chi connectivity index (χ3n) is 4.99. The molecule has 0 spiro atoms. The van der Waals surface area contributed by atoms with Gasteiger partial charge in [0.2, 0.25) is 5.95 Å². The fraction of sp³-hybridized carbons (Fsp3) is 0.238. The summed E-state index contributed by atoms with van der Waals surface area (Å²) in [7, 11) is 3.62. The molecule has 0 bridgehead atoms. The zero-order valence-electron chi connectivity index (χ0n) is 16.4. The second kappa shape index (κ2) is 7.17. The van der Waals surface area contributed by atoms with Crippen LogP contribution in [0.3, 0.4) is 0 Å². The van der Waals surface area contributed by atoms with Crippen molar-refractivity contribution in [1.29, 1.82) is 0 Å². The van der Waals surface area contributed by atoms with Crippen LogP contribution in [0.1, 0.15) is 5.56 Å². The Morgan fingerprint density at radius 1 is 1.10 bits per heavy atom. The molecule has 2 heterocycles. The Balaban J connectivity index is 2.19. The highest BCUT2D eigenvalue weighted by atomic mass is 19.4. The molecule has 2 aromatic heterocycles. The molecule has 3 N–H and O–H groups in total. The van der Waals surface area contributed by atoms with Crippen molar-refractivity contribution >= 4 is 33.6 Å². The zero-order valence-corrected chi connectivity index (χ0v) is 16.4. The van der Waals surface area contributed by atoms with E-state index < -0.39 is 11.7 Å². The molecular weight excluding hydrogens is 395 g/mol. The third-order valence-corrected chi connectivity index (χ3v) is 4.99. The number of alkyl halides is 3. The average Bonchev–Trinajstić information content (AvgIpc) is 3.10. The summed E-state index contributed by atoms with van der Waals surface area (Å²) in [6.07, 6.45) is -2.78. The van der Waals surface area contributed by atoms with Crippen LogP contribution in [0.2, 0.25) is 0 Å². The number of nitrogen functional groups attached to an aromatic ring is 1. The Morgan fingerprint density at radius 2 is 1.83 bits per heavy atom. The number of fused-ring (bicyclic) bond motifs is 3. The molecule has 156 valence electrons. The first kappa shape index (κ1) is 20.0. The molecule has 0 saturated heterocycles. The fourth-order valence-corrected chi connectivity index (χ4v) is 3.81. The van der Waals surface area contributed by atoms with Crippen molar-refractivity contribution in [3.8, 4) is 11.1 Å². The Kier molecular flexibility index (Phi) is 4.77. The van der Waals surface area contributed by atoms with Crippen molar-refractivity contribution in [1.82, 2.24) is 14.5 Å². The van der Waals surface area contributed by atoms with E-state index in [0.29, 0.717) is 33.2 Å². The molecule has 9 heteroatoms. The van der Waals surface area contributed by atoms with Gasteiger partial charge >= 0.3 is 6.18 Å². The normalized spacial score (nSPS) is 12.1. The van der Waals surface area contributed by atoms with Crippen LogP contribution >= 0.6 is 0 Å². The summed E-state index contributed by atoms with van der Waals surface area (Å²) in [5, 5.41) is 10.9. The molecule has 6 nitrogen and oxygen atoms in total. The van der Waals surface area contributed by atoms with E-state index in [1.54, 1.807) is 33.9 Å². The van der Waals surface area contributed by atoms with Crippen molar-refractivity contribution in [2.24, 2.45) is 0 Å². The van der Waals surface area contributed by atoms with Crippen molar-refractivity contribution in [2.75, 3.05) is 31.3 Å². The van der Waals surface area contributed by atoms with Gasteiger partial charge in [-0.05, 0) is 23.8 Å². The van der Waals surface area contributed by atoms with Gasteiger partial charge in [-0.2, -0.15) is 18.2 Å². The van der Waals surface area contributed by atoms with Gasteiger partial charge in [0.1, 0.15) is 5.82 Å². The van der Waals surface area contributed by atoms with Gasteiger partial charge in [-0.3, -0.25) is 0 Å².